The molecular formula is C51H66N4O7. The highest BCUT2D eigenvalue weighted by Gasteiger charge is 2.23. The van der Waals surface area contributed by atoms with Gasteiger partial charge in [-0.2, -0.15) is 0 Å². The van der Waals surface area contributed by atoms with E-state index in [1.807, 2.05) is 38.1 Å². The van der Waals surface area contributed by atoms with Crippen LogP contribution >= 0.6 is 0 Å². The minimum absolute atomic E-state index is 0.227. The molecule has 0 radical (unpaired) electrons. The average molecular weight is 847 g/mol. The zero-order valence-corrected chi connectivity index (χ0v) is 36.9. The van der Waals surface area contributed by atoms with Crippen molar-refractivity contribution in [2.24, 2.45) is 23.7 Å². The Bertz CT molecular complexity index is 1800. The Hall–Kier alpha value is -5.19. The predicted molar refractivity (Wildman–Crippen MR) is 240 cm³/mol. The molecule has 2 aliphatic rings. The fraction of sp³-hybridized carbons (Fsp3) is 0.549. The van der Waals surface area contributed by atoms with Gasteiger partial charge in [0.15, 0.2) is 23.1 Å². The number of nitrogens with zero attached hydrogens (tertiary/aromatic N) is 4. The van der Waals surface area contributed by atoms with E-state index in [1.165, 1.54) is 64.2 Å². The number of unbranched alkanes of at least 4 members (excludes halogenated alkanes) is 2. The molecular weight excluding hydrogens is 781 g/mol. The molecule has 11 heteroatoms. The van der Waals surface area contributed by atoms with Gasteiger partial charge in [0.25, 0.3) is 0 Å². The van der Waals surface area contributed by atoms with Crippen molar-refractivity contribution in [3.05, 3.63) is 73.3 Å². The summed E-state index contributed by atoms with van der Waals surface area (Å²) in [7, 11) is 0. The summed E-state index contributed by atoms with van der Waals surface area (Å²) in [5.74, 6) is 6.22. The number of aromatic nitrogens is 4. The van der Waals surface area contributed by atoms with Gasteiger partial charge in [-0.1, -0.05) is 65.2 Å². The van der Waals surface area contributed by atoms with Crippen molar-refractivity contribution >= 4 is 17.7 Å². The van der Waals surface area contributed by atoms with E-state index in [1.54, 1.807) is 49.1 Å². The second kappa shape index (κ2) is 25.1. The van der Waals surface area contributed by atoms with E-state index in [-0.39, 0.29) is 11.9 Å². The Morgan fingerprint density at radius 3 is 1.18 bits per heavy atom. The van der Waals surface area contributed by atoms with Gasteiger partial charge in [-0.3, -0.25) is 14.4 Å². The van der Waals surface area contributed by atoms with Crippen LogP contribution in [-0.2, 0) is 14.4 Å². The molecule has 2 fully saturated rings. The van der Waals surface area contributed by atoms with Crippen molar-refractivity contribution < 1.29 is 33.3 Å². The lowest BCUT2D eigenvalue weighted by Gasteiger charge is -2.28. The molecule has 2 saturated carbocycles. The molecule has 2 aromatic carbocycles. The summed E-state index contributed by atoms with van der Waals surface area (Å²) in [6, 6.07) is 14.5. The molecule has 2 aromatic heterocycles. The molecule has 11 nitrogen and oxygen atoms in total. The van der Waals surface area contributed by atoms with Crippen molar-refractivity contribution in [3.63, 3.8) is 0 Å². The summed E-state index contributed by atoms with van der Waals surface area (Å²) in [5.41, 5.74) is 1.70. The normalized spacial score (nSPS) is 18.7. The number of hydrogen-bond donors (Lipinski definition) is 0. The van der Waals surface area contributed by atoms with Crippen LogP contribution in [0.2, 0.25) is 0 Å². The Kier molecular flexibility index (Phi) is 18.7. The molecule has 0 unspecified atom stereocenters. The molecule has 2 aliphatic carbocycles. The summed E-state index contributed by atoms with van der Waals surface area (Å²) < 4.78 is 22.8. The number of Topliss-reactive ketones (excluding diaryl/α,β-unsaturated/α-hetero) is 1. The van der Waals surface area contributed by atoms with Crippen LogP contribution < -0.4 is 18.9 Å². The maximum Gasteiger partial charge on any atom is 0.311 e. The minimum atomic E-state index is -0.227. The topological polar surface area (TPSA) is 140 Å². The lowest BCUT2D eigenvalue weighted by molar-refractivity contribution is -0.135. The molecule has 0 amide bonds. The number of ketones is 1. The standard InChI is InChI=1S/C51H66N4O7/c1-3-9-48(57)61-44-27-23-41(24-28-44)50-52-31-46(32-53-50)59-35-39-19-15-37(16-20-39)11-5-7-13-43(56)14-8-6-12-38-17-21-40(22-18-38)36-60-47-33-54-51(55-34-47)42-25-29-45(30-26-42)62-49(58)10-4-2/h23-34,37-40H,3-22,35-36H2,1-2H3. The van der Waals surface area contributed by atoms with E-state index in [0.717, 1.165) is 74.3 Å². The lowest BCUT2D eigenvalue weighted by atomic mass is 9.80. The van der Waals surface area contributed by atoms with E-state index >= 15 is 0 Å². The monoisotopic (exact) mass is 846 g/mol. The summed E-state index contributed by atoms with van der Waals surface area (Å²) >= 11 is 0. The molecule has 6 rings (SSSR count). The van der Waals surface area contributed by atoms with Gasteiger partial charge in [-0.15, -0.1) is 0 Å². The quantitative estimate of drug-likeness (QED) is 0.0378. The predicted octanol–water partition coefficient (Wildman–Crippen LogP) is 11.8. The average Bonchev–Trinajstić information content (AvgIpc) is 3.30. The first-order valence-corrected chi connectivity index (χ1v) is 23.4. The van der Waals surface area contributed by atoms with Crippen LogP contribution in [-0.4, -0.2) is 50.9 Å². The zero-order valence-electron chi connectivity index (χ0n) is 36.9. The molecule has 0 saturated heterocycles. The number of carbonyl (C=O) groups is 3. The van der Waals surface area contributed by atoms with Gasteiger partial charge in [0.1, 0.15) is 17.3 Å². The first-order chi connectivity index (χ1) is 30.3. The van der Waals surface area contributed by atoms with Crippen LogP contribution in [0, 0.1) is 23.7 Å². The summed E-state index contributed by atoms with van der Waals surface area (Å²) in [4.78, 5) is 54.1. The van der Waals surface area contributed by atoms with E-state index in [4.69, 9.17) is 18.9 Å². The maximum absolute atomic E-state index is 12.6. The number of esters is 2. The zero-order chi connectivity index (χ0) is 43.4. The molecule has 0 spiro atoms. The van der Waals surface area contributed by atoms with Crippen LogP contribution in [0.5, 0.6) is 23.0 Å². The van der Waals surface area contributed by atoms with Gasteiger partial charge in [-0.05, 0) is 124 Å². The van der Waals surface area contributed by atoms with Crippen LogP contribution in [0.25, 0.3) is 22.8 Å². The van der Waals surface area contributed by atoms with Crippen molar-refractivity contribution in [2.75, 3.05) is 13.2 Å². The highest BCUT2D eigenvalue weighted by Crippen LogP contribution is 2.34. The summed E-state index contributed by atoms with van der Waals surface area (Å²) in [6.45, 7) is 5.27. The molecule has 62 heavy (non-hydrogen) atoms. The van der Waals surface area contributed by atoms with Gasteiger partial charge in [0.2, 0.25) is 0 Å². The van der Waals surface area contributed by atoms with Gasteiger partial charge in [0.05, 0.1) is 38.0 Å². The third-order valence-electron chi connectivity index (χ3n) is 12.4. The summed E-state index contributed by atoms with van der Waals surface area (Å²) in [5, 5.41) is 0. The van der Waals surface area contributed by atoms with Crippen LogP contribution in [0.1, 0.15) is 142 Å². The fourth-order valence-electron chi connectivity index (χ4n) is 8.63. The van der Waals surface area contributed by atoms with Gasteiger partial charge < -0.3 is 18.9 Å². The molecule has 0 bridgehead atoms. The fourth-order valence-corrected chi connectivity index (χ4v) is 8.63. The molecule has 0 N–H and O–H groups in total. The Morgan fingerprint density at radius 2 is 0.823 bits per heavy atom. The Labute approximate surface area is 368 Å². The van der Waals surface area contributed by atoms with Crippen LogP contribution in [0.4, 0.5) is 0 Å². The minimum Gasteiger partial charge on any atom is -0.490 e. The number of rotatable bonds is 24. The van der Waals surface area contributed by atoms with Crippen LogP contribution in [0.15, 0.2) is 73.3 Å². The second-order valence-corrected chi connectivity index (χ2v) is 17.4. The van der Waals surface area contributed by atoms with Crippen molar-refractivity contribution in [1.29, 1.82) is 0 Å². The van der Waals surface area contributed by atoms with Gasteiger partial charge in [0, 0.05) is 36.8 Å². The number of ether oxygens (including phenoxy) is 4. The summed E-state index contributed by atoms with van der Waals surface area (Å²) in [6.07, 6.45) is 27.1. The highest BCUT2D eigenvalue weighted by atomic mass is 16.5. The number of hydrogen-bond acceptors (Lipinski definition) is 11. The van der Waals surface area contributed by atoms with Gasteiger partial charge in [-0.25, -0.2) is 19.9 Å². The molecule has 0 atom stereocenters. The third-order valence-corrected chi connectivity index (χ3v) is 12.4. The lowest BCUT2D eigenvalue weighted by Crippen LogP contribution is -2.20. The molecule has 2 heterocycles. The number of benzene rings is 2. The van der Waals surface area contributed by atoms with E-state index in [2.05, 4.69) is 19.9 Å². The Balaban J connectivity index is 0.747. The second-order valence-electron chi connectivity index (χ2n) is 17.4. The Morgan fingerprint density at radius 1 is 0.468 bits per heavy atom. The molecule has 332 valence electrons. The highest BCUT2D eigenvalue weighted by molar-refractivity contribution is 5.78. The van der Waals surface area contributed by atoms with Crippen molar-refractivity contribution in [3.8, 4) is 45.8 Å². The van der Waals surface area contributed by atoms with Crippen LogP contribution in [0.3, 0.4) is 0 Å². The largest absolute Gasteiger partial charge is 0.490 e. The maximum atomic E-state index is 12.6. The van der Waals surface area contributed by atoms with Crippen molar-refractivity contribution in [1.82, 2.24) is 19.9 Å². The smallest absolute Gasteiger partial charge is 0.311 e. The third kappa shape index (κ3) is 15.6. The molecule has 0 aliphatic heterocycles. The van der Waals surface area contributed by atoms with Crippen molar-refractivity contribution in [2.45, 2.75) is 142 Å². The SMILES string of the molecule is CCCC(=O)Oc1ccc(-c2ncc(OCC3CCC(CCCCC(=O)CCCCC4CCC(COc5cnc(-c6ccc(OC(=O)CCC)cc6)nc5)CC4)CC3)cn2)cc1. The van der Waals surface area contributed by atoms with Gasteiger partial charge >= 0.3 is 11.9 Å². The molecule has 4 aromatic rings. The van der Waals surface area contributed by atoms with E-state index in [0.29, 0.717) is 78.3 Å². The van der Waals surface area contributed by atoms with E-state index in [9.17, 15) is 14.4 Å². The number of carbonyl (C=O) groups excluding carboxylic acids is 3. The van der Waals surface area contributed by atoms with E-state index < -0.39 is 0 Å². The first kappa shape index (κ1) is 46.3. The first-order valence-electron chi connectivity index (χ1n) is 23.4.